The van der Waals surface area contributed by atoms with Gasteiger partial charge in [0.15, 0.2) is 6.10 Å². The first kappa shape index (κ1) is 20.2. The summed E-state index contributed by atoms with van der Waals surface area (Å²) in [4.78, 5) is 27.3. The molecule has 0 aliphatic heterocycles. The van der Waals surface area contributed by atoms with E-state index in [-0.39, 0.29) is 9.90 Å². The van der Waals surface area contributed by atoms with Crippen LogP contribution in [0.2, 0.25) is 0 Å². The van der Waals surface area contributed by atoms with E-state index in [4.69, 9.17) is 35.3 Å². The van der Waals surface area contributed by atoms with Gasteiger partial charge in [0.25, 0.3) is 0 Å². The molecule has 7 N–H and O–H groups in total. The molecule has 0 saturated carbocycles. The van der Waals surface area contributed by atoms with Crippen molar-refractivity contribution in [1.29, 1.82) is 0 Å². The van der Waals surface area contributed by atoms with Crippen molar-refractivity contribution >= 4 is 23.7 Å². The third-order valence-corrected chi connectivity index (χ3v) is 2.12. The van der Waals surface area contributed by atoms with E-state index in [1.165, 1.54) is 0 Å². The fraction of sp³-hybridized carbons (Fsp3) is 0.833. The number of phosphoric ester groups is 1. The third-order valence-electron chi connectivity index (χ3n) is 1.71. The summed E-state index contributed by atoms with van der Waals surface area (Å²) < 4.78 is 13.7. The molecule has 0 aliphatic rings. The molecule has 18 heavy (non-hydrogen) atoms. The summed E-state index contributed by atoms with van der Waals surface area (Å²) in [6, 6.07) is 0. The van der Waals surface area contributed by atoms with E-state index >= 15 is 0 Å². The highest BCUT2D eigenvalue weighted by Crippen LogP contribution is 2.36. The highest BCUT2D eigenvalue weighted by molar-refractivity contribution is 7.46. The number of rotatable bonds is 6. The molecule has 0 radical (unpaired) electrons. The van der Waals surface area contributed by atoms with E-state index in [1.54, 1.807) is 0 Å². The van der Waals surface area contributed by atoms with Gasteiger partial charge in [-0.1, -0.05) is 0 Å². The standard InChI is InChI=1S/C6H13O10P.H3P/c7-1-2(8)3(9)4(10)5(11)6(12)16-17(13,14)15;/h2-5,7-11H,1H2,(H2,13,14,15);1H3/t2-,3-,4+,5-;/m1./s1. The smallest absolute Gasteiger partial charge is 0.394 e. The molecule has 0 fully saturated rings. The molecule has 0 spiro atoms. The Morgan fingerprint density at radius 1 is 1.11 bits per heavy atom. The molecule has 1 unspecified atom stereocenters. The highest BCUT2D eigenvalue weighted by Gasteiger charge is 2.37. The van der Waals surface area contributed by atoms with Crippen molar-refractivity contribution in [1.82, 2.24) is 0 Å². The number of phosphoric acid groups is 1. The zero-order valence-corrected chi connectivity index (χ0v) is 11.3. The van der Waals surface area contributed by atoms with Gasteiger partial charge in [0, 0.05) is 0 Å². The molecule has 0 saturated heterocycles. The normalized spacial score (nSPS) is 18.2. The third kappa shape index (κ3) is 6.69. The van der Waals surface area contributed by atoms with E-state index in [9.17, 15) is 9.36 Å². The SMILES string of the molecule is O=C(OP(=O)(O)O)[C@H](O)[C@@H](O)[C@H](O)[C@H](O)CO.P. The second-order valence-electron chi connectivity index (χ2n) is 3.08. The van der Waals surface area contributed by atoms with Crippen molar-refractivity contribution in [2.75, 3.05) is 6.61 Å². The Kier molecular flexibility index (Phi) is 9.09. The summed E-state index contributed by atoms with van der Waals surface area (Å²) in [5.41, 5.74) is 0. The Labute approximate surface area is 105 Å². The number of carbonyl (C=O) groups is 1. The molecule has 0 bridgehead atoms. The Hall–Kier alpha value is -0.150. The van der Waals surface area contributed by atoms with Crippen LogP contribution >= 0.6 is 17.7 Å². The monoisotopic (exact) mass is 310 g/mol. The fourth-order valence-electron chi connectivity index (χ4n) is 0.833. The molecule has 0 rings (SSSR count). The van der Waals surface area contributed by atoms with E-state index in [1.807, 2.05) is 0 Å². The van der Waals surface area contributed by atoms with E-state index in [2.05, 4.69) is 4.52 Å². The highest BCUT2D eigenvalue weighted by atomic mass is 31.2. The fourth-order valence-corrected chi connectivity index (χ4v) is 1.18. The Balaban J connectivity index is 0. The minimum Gasteiger partial charge on any atom is -0.394 e. The molecular weight excluding hydrogens is 294 g/mol. The molecule has 0 amide bonds. The summed E-state index contributed by atoms with van der Waals surface area (Å²) in [7, 11) is -5.19. The zero-order valence-electron chi connectivity index (χ0n) is 9.03. The lowest BCUT2D eigenvalue weighted by molar-refractivity contribution is -0.162. The molecular formula is C6H16O10P2. The predicted molar refractivity (Wildman–Crippen MR) is 60.4 cm³/mol. The second-order valence-corrected chi connectivity index (χ2v) is 4.24. The van der Waals surface area contributed by atoms with Gasteiger partial charge in [-0.3, -0.25) is 9.79 Å². The summed E-state index contributed by atoms with van der Waals surface area (Å²) >= 11 is 0. The quantitative estimate of drug-likeness (QED) is 0.239. The van der Waals surface area contributed by atoms with Crippen LogP contribution in [0.3, 0.4) is 0 Å². The summed E-state index contributed by atoms with van der Waals surface area (Å²) in [5.74, 6) is -1.88. The topological polar surface area (TPSA) is 185 Å². The maximum absolute atomic E-state index is 10.8. The molecule has 0 aromatic carbocycles. The number of aliphatic hydroxyl groups excluding tert-OH is 5. The van der Waals surface area contributed by atoms with Crippen LogP contribution in [0.5, 0.6) is 0 Å². The lowest BCUT2D eigenvalue weighted by Gasteiger charge is -2.24. The lowest BCUT2D eigenvalue weighted by Crippen LogP contribution is -2.48. The first-order chi connectivity index (χ1) is 7.60. The number of hydrogen-bond donors (Lipinski definition) is 7. The first-order valence-corrected chi connectivity index (χ1v) is 5.75. The number of carbonyl (C=O) groups excluding carboxylic acids is 1. The average molecular weight is 310 g/mol. The van der Waals surface area contributed by atoms with Gasteiger partial charge in [0.2, 0.25) is 0 Å². The van der Waals surface area contributed by atoms with E-state index in [0.29, 0.717) is 0 Å². The Morgan fingerprint density at radius 3 is 1.89 bits per heavy atom. The van der Waals surface area contributed by atoms with Crippen LogP contribution in [0.15, 0.2) is 0 Å². The minimum atomic E-state index is -5.19. The van der Waals surface area contributed by atoms with Gasteiger partial charge in [0.05, 0.1) is 6.61 Å². The minimum absolute atomic E-state index is 0. The van der Waals surface area contributed by atoms with Gasteiger partial charge in [-0.15, -0.1) is 0 Å². The summed E-state index contributed by atoms with van der Waals surface area (Å²) in [6.07, 6.45) is -8.71. The van der Waals surface area contributed by atoms with Crippen LogP contribution in [-0.4, -0.2) is 72.3 Å². The van der Waals surface area contributed by atoms with Crippen LogP contribution in [0.1, 0.15) is 0 Å². The molecule has 0 heterocycles. The van der Waals surface area contributed by atoms with Crippen molar-refractivity contribution in [3.8, 4) is 0 Å². The lowest BCUT2D eigenvalue weighted by atomic mass is 10.0. The van der Waals surface area contributed by atoms with Crippen LogP contribution < -0.4 is 0 Å². The van der Waals surface area contributed by atoms with Crippen molar-refractivity contribution < 1.29 is 49.2 Å². The Morgan fingerprint density at radius 2 is 1.56 bits per heavy atom. The predicted octanol–water partition coefficient (Wildman–Crippen LogP) is -3.88. The van der Waals surface area contributed by atoms with Crippen LogP contribution in [0, 0.1) is 0 Å². The van der Waals surface area contributed by atoms with Crippen LogP contribution in [0.25, 0.3) is 0 Å². The van der Waals surface area contributed by atoms with Crippen LogP contribution in [-0.2, 0) is 13.9 Å². The molecule has 10 nitrogen and oxygen atoms in total. The van der Waals surface area contributed by atoms with Crippen LogP contribution in [0.4, 0.5) is 0 Å². The zero-order chi connectivity index (χ0) is 13.8. The first-order valence-electron chi connectivity index (χ1n) is 4.22. The maximum Gasteiger partial charge on any atom is 0.527 e. The van der Waals surface area contributed by atoms with Gasteiger partial charge in [-0.2, -0.15) is 9.90 Å². The van der Waals surface area contributed by atoms with Crippen molar-refractivity contribution in [3.63, 3.8) is 0 Å². The van der Waals surface area contributed by atoms with E-state index in [0.717, 1.165) is 0 Å². The molecule has 12 heteroatoms. The summed E-state index contributed by atoms with van der Waals surface area (Å²) in [6.45, 7) is -0.960. The molecule has 5 atom stereocenters. The second kappa shape index (κ2) is 8.11. The maximum atomic E-state index is 10.8. The average Bonchev–Trinajstić information content (AvgIpc) is 2.22. The van der Waals surface area contributed by atoms with Crippen molar-refractivity contribution in [3.05, 3.63) is 0 Å². The van der Waals surface area contributed by atoms with Gasteiger partial charge < -0.3 is 30.1 Å². The van der Waals surface area contributed by atoms with Gasteiger partial charge >= 0.3 is 13.8 Å². The largest absolute Gasteiger partial charge is 0.527 e. The van der Waals surface area contributed by atoms with Crippen molar-refractivity contribution in [2.45, 2.75) is 24.4 Å². The molecule has 110 valence electrons. The number of hydrogen-bond acceptors (Lipinski definition) is 8. The number of aliphatic hydroxyl groups is 5. The molecule has 0 aromatic heterocycles. The van der Waals surface area contributed by atoms with Gasteiger partial charge in [-0.25, -0.2) is 9.36 Å². The Bertz CT molecular complexity index is 303. The van der Waals surface area contributed by atoms with Gasteiger partial charge in [0.1, 0.15) is 18.3 Å². The summed E-state index contributed by atoms with van der Waals surface area (Å²) in [5, 5.41) is 44.6. The molecule has 0 aliphatic carbocycles. The molecule has 0 aromatic rings. The van der Waals surface area contributed by atoms with E-state index < -0.39 is 44.8 Å². The van der Waals surface area contributed by atoms with Crippen molar-refractivity contribution in [2.24, 2.45) is 0 Å². The van der Waals surface area contributed by atoms with Gasteiger partial charge in [-0.05, 0) is 0 Å².